The van der Waals surface area contributed by atoms with Crippen LogP contribution >= 0.6 is 0 Å². The zero-order chi connectivity index (χ0) is 18.7. The minimum atomic E-state index is -1.03. The van der Waals surface area contributed by atoms with E-state index in [4.69, 9.17) is 9.15 Å². The molecule has 0 aliphatic carbocycles. The van der Waals surface area contributed by atoms with Gasteiger partial charge in [0.2, 0.25) is 0 Å². The summed E-state index contributed by atoms with van der Waals surface area (Å²) in [6.07, 6.45) is -1.03. The maximum absolute atomic E-state index is 12.3. The second kappa shape index (κ2) is 7.34. The molecule has 1 atom stereocenters. The molecule has 0 saturated carbocycles. The van der Waals surface area contributed by atoms with Crippen molar-refractivity contribution in [3.05, 3.63) is 52.5 Å². The molecular formula is C19H21NO5. The summed E-state index contributed by atoms with van der Waals surface area (Å²) in [6, 6.07) is 6.66. The quantitative estimate of drug-likeness (QED) is 0.662. The molecule has 0 radical (unpaired) electrons. The fraction of sp³-hybridized carbons (Fsp3) is 0.316. The number of nitrogens with one attached hydrogen (secondary N) is 1. The van der Waals surface area contributed by atoms with E-state index in [1.807, 2.05) is 0 Å². The standard InChI is InChI=1S/C19H21NO5/c1-10-12(3)24-13(4)17(10)19(23)25-14(5)18(22)20-16-9-7-6-8-15(16)11(2)21/h6-9,14H,1-5H3,(H,20,22)/t14-/m1/s1. The monoisotopic (exact) mass is 343 g/mol. The van der Waals surface area contributed by atoms with Crippen LogP contribution in [0.4, 0.5) is 5.69 Å². The van der Waals surface area contributed by atoms with Gasteiger partial charge in [0.25, 0.3) is 5.91 Å². The van der Waals surface area contributed by atoms with Gasteiger partial charge in [0.1, 0.15) is 17.1 Å². The van der Waals surface area contributed by atoms with Crippen LogP contribution in [0.3, 0.4) is 0 Å². The highest BCUT2D eigenvalue weighted by Gasteiger charge is 2.25. The number of esters is 1. The van der Waals surface area contributed by atoms with Gasteiger partial charge in [-0.2, -0.15) is 0 Å². The Morgan fingerprint density at radius 1 is 1.08 bits per heavy atom. The topological polar surface area (TPSA) is 85.6 Å². The van der Waals surface area contributed by atoms with Gasteiger partial charge in [-0.05, 0) is 46.8 Å². The molecule has 1 N–H and O–H groups in total. The first kappa shape index (κ1) is 18.4. The molecule has 2 aromatic rings. The summed E-state index contributed by atoms with van der Waals surface area (Å²) < 4.78 is 10.7. The summed E-state index contributed by atoms with van der Waals surface area (Å²) >= 11 is 0. The Morgan fingerprint density at radius 3 is 2.28 bits per heavy atom. The number of Topliss-reactive ketones (excluding diaryl/α,β-unsaturated/α-hetero) is 1. The summed E-state index contributed by atoms with van der Waals surface area (Å²) in [5.74, 6) is -0.209. The summed E-state index contributed by atoms with van der Waals surface area (Å²) in [5.41, 5.74) is 1.80. The number of para-hydroxylation sites is 1. The lowest BCUT2D eigenvalue weighted by Crippen LogP contribution is -2.30. The zero-order valence-corrected chi connectivity index (χ0v) is 14.9. The lowest BCUT2D eigenvalue weighted by Gasteiger charge is -2.15. The van der Waals surface area contributed by atoms with Crippen molar-refractivity contribution in [3.63, 3.8) is 0 Å². The van der Waals surface area contributed by atoms with Crippen LogP contribution in [-0.2, 0) is 9.53 Å². The average molecular weight is 343 g/mol. The number of hydrogen-bond donors (Lipinski definition) is 1. The van der Waals surface area contributed by atoms with Crippen LogP contribution in [0.25, 0.3) is 0 Å². The molecule has 0 bridgehead atoms. The molecular weight excluding hydrogens is 322 g/mol. The Morgan fingerprint density at radius 2 is 1.72 bits per heavy atom. The smallest absolute Gasteiger partial charge is 0.342 e. The Bertz CT molecular complexity index is 834. The molecule has 0 spiro atoms. The maximum atomic E-state index is 12.3. The number of furan rings is 1. The first-order valence-corrected chi connectivity index (χ1v) is 7.90. The third kappa shape index (κ3) is 3.96. The van der Waals surface area contributed by atoms with Crippen LogP contribution in [0.5, 0.6) is 0 Å². The number of benzene rings is 1. The van der Waals surface area contributed by atoms with Crippen LogP contribution < -0.4 is 5.32 Å². The van der Waals surface area contributed by atoms with Gasteiger partial charge >= 0.3 is 5.97 Å². The van der Waals surface area contributed by atoms with E-state index in [2.05, 4.69) is 5.32 Å². The van der Waals surface area contributed by atoms with Gasteiger partial charge in [0.05, 0.1) is 5.69 Å². The number of anilines is 1. The Labute approximate surface area is 146 Å². The van der Waals surface area contributed by atoms with E-state index < -0.39 is 18.0 Å². The largest absolute Gasteiger partial charge is 0.465 e. The summed E-state index contributed by atoms with van der Waals surface area (Å²) in [6.45, 7) is 8.08. The fourth-order valence-electron chi connectivity index (χ4n) is 2.50. The molecule has 0 saturated heterocycles. The summed E-state index contributed by atoms with van der Waals surface area (Å²) in [5, 5.41) is 2.62. The van der Waals surface area contributed by atoms with Crippen molar-refractivity contribution in [2.75, 3.05) is 5.32 Å². The van der Waals surface area contributed by atoms with Gasteiger partial charge in [0.15, 0.2) is 11.9 Å². The molecule has 25 heavy (non-hydrogen) atoms. The van der Waals surface area contributed by atoms with Gasteiger partial charge in [-0.25, -0.2) is 4.79 Å². The van der Waals surface area contributed by atoms with Crippen LogP contribution in [0.2, 0.25) is 0 Å². The Kier molecular flexibility index (Phi) is 5.41. The molecule has 132 valence electrons. The Balaban J connectivity index is 2.11. The van der Waals surface area contributed by atoms with E-state index in [0.29, 0.717) is 33.9 Å². The second-order valence-corrected chi connectivity index (χ2v) is 5.85. The number of carbonyl (C=O) groups excluding carboxylic acids is 3. The van der Waals surface area contributed by atoms with Gasteiger partial charge in [-0.3, -0.25) is 9.59 Å². The number of ketones is 1. The van der Waals surface area contributed by atoms with Crippen molar-refractivity contribution in [2.45, 2.75) is 40.7 Å². The van der Waals surface area contributed by atoms with E-state index in [1.165, 1.54) is 13.8 Å². The molecule has 0 unspecified atom stereocenters. The zero-order valence-electron chi connectivity index (χ0n) is 14.9. The third-order valence-corrected chi connectivity index (χ3v) is 3.98. The molecule has 2 rings (SSSR count). The number of amides is 1. The van der Waals surface area contributed by atoms with Crippen molar-refractivity contribution >= 4 is 23.3 Å². The highest BCUT2D eigenvalue weighted by atomic mass is 16.5. The molecule has 1 aromatic carbocycles. The molecule has 0 aliphatic heterocycles. The summed E-state index contributed by atoms with van der Waals surface area (Å²) in [4.78, 5) is 36.2. The molecule has 1 aromatic heterocycles. The molecule has 6 heteroatoms. The number of aryl methyl sites for hydroxylation is 2. The third-order valence-electron chi connectivity index (χ3n) is 3.98. The van der Waals surface area contributed by atoms with Crippen molar-refractivity contribution in [2.24, 2.45) is 0 Å². The van der Waals surface area contributed by atoms with E-state index in [0.717, 1.165) is 0 Å². The van der Waals surface area contributed by atoms with Crippen LogP contribution in [0.1, 0.15) is 51.6 Å². The molecule has 0 aliphatic rings. The van der Waals surface area contributed by atoms with Crippen molar-refractivity contribution in [3.8, 4) is 0 Å². The Hall–Kier alpha value is -2.89. The lowest BCUT2D eigenvalue weighted by molar-refractivity contribution is -0.123. The number of ether oxygens (including phenoxy) is 1. The minimum absolute atomic E-state index is 0.166. The predicted molar refractivity (Wildman–Crippen MR) is 92.9 cm³/mol. The van der Waals surface area contributed by atoms with Gasteiger partial charge in [-0.1, -0.05) is 12.1 Å². The normalized spacial score (nSPS) is 11.7. The van der Waals surface area contributed by atoms with E-state index in [-0.39, 0.29) is 5.78 Å². The number of hydrogen-bond acceptors (Lipinski definition) is 5. The van der Waals surface area contributed by atoms with Gasteiger partial charge in [0, 0.05) is 11.1 Å². The second-order valence-electron chi connectivity index (χ2n) is 5.85. The average Bonchev–Trinajstić information content (AvgIpc) is 2.80. The predicted octanol–water partition coefficient (Wildman–Crippen LogP) is 3.59. The van der Waals surface area contributed by atoms with Gasteiger partial charge in [-0.15, -0.1) is 0 Å². The number of carbonyl (C=O) groups is 3. The van der Waals surface area contributed by atoms with E-state index in [1.54, 1.807) is 45.0 Å². The molecule has 0 fully saturated rings. The maximum Gasteiger partial charge on any atom is 0.342 e. The van der Waals surface area contributed by atoms with Crippen LogP contribution in [0.15, 0.2) is 28.7 Å². The first-order chi connectivity index (χ1) is 11.7. The highest BCUT2D eigenvalue weighted by molar-refractivity contribution is 6.05. The SMILES string of the molecule is CC(=O)c1ccccc1NC(=O)[C@@H](C)OC(=O)c1c(C)oc(C)c1C. The van der Waals surface area contributed by atoms with Crippen molar-refractivity contribution in [1.29, 1.82) is 0 Å². The fourth-order valence-corrected chi connectivity index (χ4v) is 2.50. The number of rotatable bonds is 5. The van der Waals surface area contributed by atoms with E-state index >= 15 is 0 Å². The van der Waals surface area contributed by atoms with E-state index in [9.17, 15) is 14.4 Å². The van der Waals surface area contributed by atoms with Gasteiger partial charge < -0.3 is 14.5 Å². The van der Waals surface area contributed by atoms with Crippen molar-refractivity contribution in [1.82, 2.24) is 0 Å². The van der Waals surface area contributed by atoms with Crippen molar-refractivity contribution < 1.29 is 23.5 Å². The van der Waals surface area contributed by atoms with Crippen LogP contribution in [0, 0.1) is 20.8 Å². The first-order valence-electron chi connectivity index (χ1n) is 7.90. The molecule has 1 heterocycles. The van der Waals surface area contributed by atoms with Crippen LogP contribution in [-0.4, -0.2) is 23.8 Å². The molecule has 1 amide bonds. The summed E-state index contributed by atoms with van der Waals surface area (Å²) in [7, 11) is 0. The lowest BCUT2D eigenvalue weighted by atomic mass is 10.1. The highest BCUT2D eigenvalue weighted by Crippen LogP contribution is 2.22. The molecule has 6 nitrogen and oxygen atoms in total. The minimum Gasteiger partial charge on any atom is -0.465 e.